The number of aryl methyl sites for hydroxylation is 2. The SMILES string of the molecule is CO[C@@H](C)COc1ccc(C)cc1C1(C(=O)NS(=O)(=O)c2cccc3nc(C)ccc23)CC1. The van der Waals surface area contributed by atoms with E-state index in [-0.39, 0.29) is 11.0 Å². The topological polar surface area (TPSA) is 94.6 Å². The van der Waals surface area contributed by atoms with Gasteiger partial charge >= 0.3 is 0 Å². The summed E-state index contributed by atoms with van der Waals surface area (Å²) in [6, 6.07) is 14.0. The Morgan fingerprint density at radius 3 is 2.61 bits per heavy atom. The number of carbonyl (C=O) groups is 1. The van der Waals surface area contributed by atoms with Gasteiger partial charge in [-0.25, -0.2) is 13.1 Å². The molecule has 0 saturated heterocycles. The summed E-state index contributed by atoms with van der Waals surface area (Å²) in [6.45, 7) is 5.99. The van der Waals surface area contributed by atoms with Gasteiger partial charge in [0, 0.05) is 23.8 Å². The number of rotatable bonds is 8. The van der Waals surface area contributed by atoms with E-state index >= 15 is 0 Å². The molecule has 0 unspecified atom stereocenters. The fraction of sp³-hybridized carbons (Fsp3) is 0.360. The molecule has 3 aromatic rings. The van der Waals surface area contributed by atoms with Crippen LogP contribution in [0.1, 0.15) is 36.6 Å². The summed E-state index contributed by atoms with van der Waals surface area (Å²) in [7, 11) is -2.50. The van der Waals surface area contributed by atoms with Crippen molar-refractivity contribution in [1.29, 1.82) is 0 Å². The van der Waals surface area contributed by atoms with E-state index in [4.69, 9.17) is 9.47 Å². The number of methoxy groups -OCH3 is 1. The van der Waals surface area contributed by atoms with Crippen LogP contribution in [-0.4, -0.2) is 39.1 Å². The first-order valence-corrected chi connectivity index (χ1v) is 12.3. The van der Waals surface area contributed by atoms with Gasteiger partial charge in [0.05, 0.1) is 21.9 Å². The molecule has 1 heterocycles. The number of carbonyl (C=O) groups excluding carboxylic acids is 1. The van der Waals surface area contributed by atoms with Gasteiger partial charge in [0.15, 0.2) is 0 Å². The zero-order chi connectivity index (χ0) is 23.8. The van der Waals surface area contributed by atoms with E-state index in [0.29, 0.717) is 41.7 Å². The van der Waals surface area contributed by atoms with E-state index in [0.717, 1.165) is 11.3 Å². The highest BCUT2D eigenvalue weighted by Crippen LogP contribution is 2.52. The van der Waals surface area contributed by atoms with Gasteiger partial charge in [-0.2, -0.15) is 0 Å². The smallest absolute Gasteiger partial charge is 0.264 e. The average molecular weight is 469 g/mol. The van der Waals surface area contributed by atoms with Gasteiger partial charge in [-0.15, -0.1) is 0 Å². The van der Waals surface area contributed by atoms with Gasteiger partial charge in [0.25, 0.3) is 10.0 Å². The molecule has 174 valence electrons. The van der Waals surface area contributed by atoms with Crippen molar-refractivity contribution < 1.29 is 22.7 Å². The third kappa shape index (κ3) is 4.58. The molecule has 1 aliphatic carbocycles. The van der Waals surface area contributed by atoms with Crippen molar-refractivity contribution >= 4 is 26.8 Å². The second kappa shape index (κ2) is 8.76. The molecule has 33 heavy (non-hydrogen) atoms. The Labute approximate surface area is 194 Å². The molecule has 1 amide bonds. The van der Waals surface area contributed by atoms with E-state index < -0.39 is 21.3 Å². The van der Waals surface area contributed by atoms with Crippen molar-refractivity contribution in [2.75, 3.05) is 13.7 Å². The molecule has 0 aliphatic heterocycles. The lowest BCUT2D eigenvalue weighted by Crippen LogP contribution is -2.39. The maximum absolute atomic E-state index is 13.4. The minimum Gasteiger partial charge on any atom is -0.491 e. The molecule has 7 nitrogen and oxygen atoms in total. The number of sulfonamides is 1. The molecular formula is C25H28N2O5S. The van der Waals surface area contributed by atoms with Crippen LogP contribution in [0.4, 0.5) is 0 Å². The van der Waals surface area contributed by atoms with Crippen LogP contribution in [0, 0.1) is 13.8 Å². The van der Waals surface area contributed by atoms with Crippen LogP contribution in [0.15, 0.2) is 53.4 Å². The molecule has 0 spiro atoms. The van der Waals surface area contributed by atoms with Crippen LogP contribution in [0.3, 0.4) is 0 Å². The van der Waals surface area contributed by atoms with Crippen molar-refractivity contribution in [1.82, 2.24) is 9.71 Å². The van der Waals surface area contributed by atoms with Crippen LogP contribution in [0.5, 0.6) is 5.75 Å². The van der Waals surface area contributed by atoms with Crippen molar-refractivity contribution in [2.24, 2.45) is 0 Å². The van der Waals surface area contributed by atoms with Crippen molar-refractivity contribution in [3.05, 3.63) is 65.4 Å². The normalized spacial score (nSPS) is 15.8. The third-order valence-corrected chi connectivity index (χ3v) is 7.45. The Hall–Kier alpha value is -2.97. The van der Waals surface area contributed by atoms with Crippen molar-refractivity contribution in [3.8, 4) is 5.75 Å². The number of ether oxygens (including phenoxy) is 2. The van der Waals surface area contributed by atoms with Gasteiger partial charge < -0.3 is 9.47 Å². The number of hydrogen-bond acceptors (Lipinski definition) is 6. The zero-order valence-corrected chi connectivity index (χ0v) is 20.0. The minimum atomic E-state index is -4.10. The molecule has 2 aromatic carbocycles. The number of benzene rings is 2. The summed E-state index contributed by atoms with van der Waals surface area (Å²) >= 11 is 0. The second-order valence-corrected chi connectivity index (χ2v) is 10.3. The first-order chi connectivity index (χ1) is 15.7. The first kappa shape index (κ1) is 23.2. The fourth-order valence-corrected chi connectivity index (χ4v) is 5.17. The van der Waals surface area contributed by atoms with Crippen molar-refractivity contribution in [2.45, 2.75) is 50.0 Å². The Morgan fingerprint density at radius 2 is 1.91 bits per heavy atom. The van der Waals surface area contributed by atoms with E-state index in [2.05, 4.69) is 9.71 Å². The summed E-state index contributed by atoms with van der Waals surface area (Å²) in [4.78, 5) is 17.8. The molecule has 1 saturated carbocycles. The average Bonchev–Trinajstić information content (AvgIpc) is 3.59. The van der Waals surface area contributed by atoms with Gasteiger partial charge in [-0.1, -0.05) is 23.8 Å². The highest BCUT2D eigenvalue weighted by atomic mass is 32.2. The number of fused-ring (bicyclic) bond motifs is 1. The minimum absolute atomic E-state index is 0.0336. The molecule has 1 atom stereocenters. The van der Waals surface area contributed by atoms with E-state index in [1.807, 2.05) is 39.0 Å². The molecule has 1 aromatic heterocycles. The van der Waals surface area contributed by atoms with Crippen LogP contribution in [0.2, 0.25) is 0 Å². The number of nitrogens with one attached hydrogen (secondary N) is 1. The lowest BCUT2D eigenvalue weighted by molar-refractivity contribution is -0.121. The monoisotopic (exact) mass is 468 g/mol. The number of nitrogens with zero attached hydrogens (tertiary/aromatic N) is 1. The fourth-order valence-electron chi connectivity index (χ4n) is 3.90. The van der Waals surface area contributed by atoms with Crippen molar-refractivity contribution in [3.63, 3.8) is 0 Å². The molecule has 0 bridgehead atoms. The van der Waals surface area contributed by atoms with E-state index in [9.17, 15) is 13.2 Å². The lowest BCUT2D eigenvalue weighted by Gasteiger charge is -2.21. The number of pyridine rings is 1. The maximum Gasteiger partial charge on any atom is 0.264 e. The Bertz CT molecular complexity index is 1320. The highest BCUT2D eigenvalue weighted by molar-refractivity contribution is 7.90. The summed E-state index contributed by atoms with van der Waals surface area (Å²) in [6.07, 6.45) is 0.973. The van der Waals surface area contributed by atoms with Gasteiger partial charge in [-0.3, -0.25) is 9.78 Å². The number of hydrogen-bond donors (Lipinski definition) is 1. The summed E-state index contributed by atoms with van der Waals surface area (Å²) in [5.74, 6) is 0.0224. The molecule has 0 radical (unpaired) electrons. The maximum atomic E-state index is 13.4. The quantitative estimate of drug-likeness (QED) is 0.540. The third-order valence-electron chi connectivity index (χ3n) is 6.06. The lowest BCUT2D eigenvalue weighted by atomic mass is 9.93. The first-order valence-electron chi connectivity index (χ1n) is 10.9. The molecular weight excluding hydrogens is 440 g/mol. The van der Waals surface area contributed by atoms with Crippen LogP contribution in [-0.2, 0) is 25.0 Å². The Kier molecular flexibility index (Phi) is 6.16. The molecule has 1 aliphatic rings. The summed E-state index contributed by atoms with van der Waals surface area (Å²) in [5.41, 5.74) is 2.08. The predicted octanol–water partition coefficient (Wildman–Crippen LogP) is 3.80. The standard InChI is InChI=1S/C25H28N2O5S/c1-16-8-11-22(32-15-18(3)31-4)20(14-16)25(12-13-25)24(28)27-33(29,30)23-7-5-6-21-19(23)10-9-17(2)26-21/h5-11,14,18H,12-13,15H2,1-4H3,(H,27,28)/t18-/m0/s1. The van der Waals surface area contributed by atoms with E-state index in [1.165, 1.54) is 6.07 Å². The Balaban J connectivity index is 1.65. The Morgan fingerprint density at radius 1 is 1.15 bits per heavy atom. The summed E-state index contributed by atoms with van der Waals surface area (Å²) < 4.78 is 40.0. The second-order valence-electron chi connectivity index (χ2n) is 8.65. The molecule has 1 fully saturated rings. The van der Waals surface area contributed by atoms with Gasteiger partial charge in [0.1, 0.15) is 12.4 Å². The highest BCUT2D eigenvalue weighted by Gasteiger charge is 2.54. The van der Waals surface area contributed by atoms with Crippen LogP contribution >= 0.6 is 0 Å². The summed E-state index contributed by atoms with van der Waals surface area (Å²) in [5, 5.41) is 0.473. The number of amides is 1. The molecule has 1 N–H and O–H groups in total. The van der Waals surface area contributed by atoms with Crippen LogP contribution < -0.4 is 9.46 Å². The molecule has 4 rings (SSSR count). The van der Waals surface area contributed by atoms with Gasteiger partial charge in [0.2, 0.25) is 5.91 Å². The predicted molar refractivity (Wildman–Crippen MR) is 126 cm³/mol. The zero-order valence-electron chi connectivity index (χ0n) is 19.2. The van der Waals surface area contributed by atoms with Crippen LogP contribution in [0.25, 0.3) is 10.9 Å². The van der Waals surface area contributed by atoms with E-state index in [1.54, 1.807) is 31.4 Å². The van der Waals surface area contributed by atoms with Gasteiger partial charge in [-0.05, 0) is 63.9 Å². The number of aromatic nitrogens is 1. The molecule has 8 heteroatoms. The largest absolute Gasteiger partial charge is 0.491 e.